The van der Waals surface area contributed by atoms with Crippen molar-refractivity contribution in [3.8, 4) is 11.6 Å². The molecule has 3 aromatic rings. The van der Waals surface area contributed by atoms with E-state index in [2.05, 4.69) is 4.98 Å². The summed E-state index contributed by atoms with van der Waals surface area (Å²) in [4.78, 5) is 16.2. The number of ether oxygens (including phenoxy) is 2. The van der Waals surface area contributed by atoms with Crippen molar-refractivity contribution in [1.29, 1.82) is 0 Å². The molecule has 0 aliphatic rings. The Bertz CT molecular complexity index is 748. The summed E-state index contributed by atoms with van der Waals surface area (Å²) in [5, 5.41) is 1.88. The van der Waals surface area contributed by atoms with Crippen LogP contribution in [0.5, 0.6) is 11.6 Å². The molecule has 0 radical (unpaired) electrons. The second-order valence-corrected chi connectivity index (χ2v) is 4.99. The van der Waals surface area contributed by atoms with E-state index in [0.717, 1.165) is 22.6 Å². The minimum Gasteiger partial charge on any atom is -0.497 e. The van der Waals surface area contributed by atoms with Crippen molar-refractivity contribution in [2.45, 2.75) is 6.61 Å². The first-order chi connectivity index (χ1) is 9.81. The highest BCUT2D eigenvalue weighted by Crippen LogP contribution is 2.23. The van der Waals surface area contributed by atoms with E-state index in [-0.39, 0.29) is 0 Å². The average Bonchev–Trinajstić information content (AvgIpc) is 3.05. The molecule has 0 aliphatic heterocycles. The zero-order valence-electron chi connectivity index (χ0n) is 10.8. The van der Waals surface area contributed by atoms with Crippen LogP contribution >= 0.6 is 11.3 Å². The Labute approximate surface area is 119 Å². The summed E-state index contributed by atoms with van der Waals surface area (Å²) in [6.45, 7) is 0.336. The lowest BCUT2D eigenvalue weighted by molar-refractivity contribution is 0.111. The molecule has 0 atom stereocenters. The van der Waals surface area contributed by atoms with Crippen molar-refractivity contribution in [1.82, 2.24) is 9.38 Å². The summed E-state index contributed by atoms with van der Waals surface area (Å²) in [7, 11) is 1.62. The van der Waals surface area contributed by atoms with E-state index in [1.165, 1.54) is 11.3 Å². The molecule has 0 aliphatic carbocycles. The summed E-state index contributed by atoms with van der Waals surface area (Å²) >= 11 is 1.46. The molecule has 0 amide bonds. The highest BCUT2D eigenvalue weighted by molar-refractivity contribution is 7.15. The molecule has 2 heterocycles. The van der Waals surface area contributed by atoms with Gasteiger partial charge in [-0.2, -0.15) is 4.98 Å². The molecule has 2 aromatic heterocycles. The molecule has 5 nitrogen and oxygen atoms in total. The van der Waals surface area contributed by atoms with E-state index in [0.29, 0.717) is 18.2 Å². The number of imidazole rings is 1. The van der Waals surface area contributed by atoms with E-state index in [1.54, 1.807) is 17.7 Å². The monoisotopic (exact) mass is 288 g/mol. The quantitative estimate of drug-likeness (QED) is 0.677. The van der Waals surface area contributed by atoms with Gasteiger partial charge in [0.25, 0.3) is 0 Å². The fourth-order valence-electron chi connectivity index (χ4n) is 1.91. The number of hydrogen-bond acceptors (Lipinski definition) is 5. The van der Waals surface area contributed by atoms with E-state index < -0.39 is 0 Å². The maximum atomic E-state index is 11.2. The van der Waals surface area contributed by atoms with Gasteiger partial charge in [0.2, 0.25) is 5.88 Å². The molecule has 102 valence electrons. The second-order valence-electron chi connectivity index (χ2n) is 4.12. The fourth-order valence-corrected chi connectivity index (χ4v) is 2.62. The molecular weight excluding hydrogens is 276 g/mol. The summed E-state index contributed by atoms with van der Waals surface area (Å²) < 4.78 is 12.5. The molecule has 6 heteroatoms. The number of hydrogen-bond donors (Lipinski definition) is 0. The lowest BCUT2D eigenvalue weighted by Crippen LogP contribution is -1.99. The number of carbonyl (C=O) groups is 1. The molecule has 0 N–H and O–H groups in total. The first-order valence-corrected chi connectivity index (χ1v) is 6.86. The van der Waals surface area contributed by atoms with Crippen LogP contribution in [0.15, 0.2) is 35.8 Å². The van der Waals surface area contributed by atoms with Gasteiger partial charge < -0.3 is 9.47 Å². The average molecular weight is 288 g/mol. The maximum absolute atomic E-state index is 11.2. The van der Waals surface area contributed by atoms with Crippen LogP contribution in [0.25, 0.3) is 4.96 Å². The Morgan fingerprint density at radius 3 is 3.15 bits per heavy atom. The van der Waals surface area contributed by atoms with E-state index in [4.69, 9.17) is 9.47 Å². The largest absolute Gasteiger partial charge is 0.497 e. The third kappa shape index (κ3) is 2.25. The van der Waals surface area contributed by atoms with E-state index in [9.17, 15) is 4.79 Å². The Kier molecular flexibility index (Phi) is 3.39. The number of benzene rings is 1. The van der Waals surface area contributed by atoms with Gasteiger partial charge in [-0.25, -0.2) is 0 Å². The molecule has 3 rings (SSSR count). The highest BCUT2D eigenvalue weighted by atomic mass is 32.1. The summed E-state index contributed by atoms with van der Waals surface area (Å²) in [5.41, 5.74) is 1.39. The van der Waals surface area contributed by atoms with Crippen molar-refractivity contribution in [3.63, 3.8) is 0 Å². The Morgan fingerprint density at radius 1 is 1.45 bits per heavy atom. The third-order valence-corrected chi connectivity index (χ3v) is 3.64. The van der Waals surface area contributed by atoms with Crippen molar-refractivity contribution < 1.29 is 14.3 Å². The Balaban J connectivity index is 1.82. The van der Waals surface area contributed by atoms with Gasteiger partial charge in [0.05, 0.1) is 7.11 Å². The van der Waals surface area contributed by atoms with Crippen molar-refractivity contribution in [2.24, 2.45) is 0 Å². The number of aldehydes is 1. The number of rotatable bonds is 5. The number of carbonyl (C=O) groups excluding carboxylic acids is 1. The first-order valence-electron chi connectivity index (χ1n) is 5.98. The summed E-state index contributed by atoms with van der Waals surface area (Å²) in [6, 6.07) is 7.58. The first kappa shape index (κ1) is 12.7. The van der Waals surface area contributed by atoms with Gasteiger partial charge in [0, 0.05) is 11.6 Å². The van der Waals surface area contributed by atoms with Gasteiger partial charge in [0.15, 0.2) is 16.9 Å². The van der Waals surface area contributed by atoms with Crippen LogP contribution in [0.2, 0.25) is 0 Å². The van der Waals surface area contributed by atoms with E-state index >= 15 is 0 Å². The smallest absolute Gasteiger partial charge is 0.244 e. The highest BCUT2D eigenvalue weighted by Gasteiger charge is 2.13. The van der Waals surface area contributed by atoms with Crippen LogP contribution < -0.4 is 9.47 Å². The maximum Gasteiger partial charge on any atom is 0.244 e. The molecule has 0 unspecified atom stereocenters. The van der Waals surface area contributed by atoms with Crippen LogP contribution in [0.1, 0.15) is 16.1 Å². The topological polar surface area (TPSA) is 52.8 Å². The Morgan fingerprint density at radius 2 is 2.35 bits per heavy atom. The van der Waals surface area contributed by atoms with Gasteiger partial charge in [-0.1, -0.05) is 12.1 Å². The van der Waals surface area contributed by atoms with E-state index in [1.807, 2.05) is 29.6 Å². The predicted octanol–water partition coefficient (Wildman–Crippen LogP) is 2.80. The number of thiazole rings is 1. The molecule has 1 aromatic carbocycles. The minimum absolute atomic E-state index is 0.336. The fraction of sp³-hybridized carbons (Fsp3) is 0.143. The van der Waals surface area contributed by atoms with Crippen LogP contribution in [0.4, 0.5) is 0 Å². The van der Waals surface area contributed by atoms with Crippen LogP contribution in [-0.2, 0) is 6.61 Å². The van der Waals surface area contributed by atoms with Gasteiger partial charge in [-0.05, 0) is 17.7 Å². The Hall–Kier alpha value is -2.34. The zero-order chi connectivity index (χ0) is 13.9. The number of methoxy groups -OCH3 is 1. The minimum atomic E-state index is 0.336. The molecule has 0 saturated heterocycles. The third-order valence-electron chi connectivity index (χ3n) is 2.89. The van der Waals surface area contributed by atoms with Gasteiger partial charge in [-0.15, -0.1) is 11.3 Å². The van der Waals surface area contributed by atoms with Crippen molar-refractivity contribution in [3.05, 3.63) is 47.1 Å². The van der Waals surface area contributed by atoms with Crippen molar-refractivity contribution >= 4 is 22.6 Å². The van der Waals surface area contributed by atoms with Gasteiger partial charge in [0.1, 0.15) is 12.4 Å². The lowest BCUT2D eigenvalue weighted by atomic mass is 10.2. The number of aromatic nitrogens is 2. The van der Waals surface area contributed by atoms with Crippen LogP contribution in [0, 0.1) is 0 Å². The number of fused-ring (bicyclic) bond motifs is 1. The summed E-state index contributed by atoms with van der Waals surface area (Å²) in [5.74, 6) is 1.13. The molecular formula is C14H12N2O3S. The predicted molar refractivity (Wildman–Crippen MR) is 75.8 cm³/mol. The van der Waals surface area contributed by atoms with Crippen LogP contribution in [-0.4, -0.2) is 22.8 Å². The van der Waals surface area contributed by atoms with Gasteiger partial charge in [-0.3, -0.25) is 9.20 Å². The van der Waals surface area contributed by atoms with Gasteiger partial charge >= 0.3 is 0 Å². The molecule has 0 saturated carbocycles. The normalized spacial score (nSPS) is 10.7. The zero-order valence-corrected chi connectivity index (χ0v) is 11.6. The van der Waals surface area contributed by atoms with Crippen LogP contribution in [0.3, 0.4) is 0 Å². The standard InChI is InChI=1S/C14H12N2O3S/c1-18-11-4-2-3-10(7-11)9-19-13-12(8-17)16-5-6-20-14(16)15-13/h2-8H,9H2,1H3. The SMILES string of the molecule is COc1cccc(COc2nc3sccn3c2C=O)c1. The molecule has 0 bridgehead atoms. The second kappa shape index (κ2) is 5.34. The molecule has 20 heavy (non-hydrogen) atoms. The molecule has 0 fully saturated rings. The van der Waals surface area contributed by atoms with Crippen molar-refractivity contribution in [2.75, 3.05) is 7.11 Å². The molecule has 0 spiro atoms. The number of nitrogens with zero attached hydrogens (tertiary/aromatic N) is 2. The summed E-state index contributed by atoms with van der Waals surface area (Å²) in [6.07, 6.45) is 2.56. The lowest BCUT2D eigenvalue weighted by Gasteiger charge is -2.05.